The Morgan fingerprint density at radius 1 is 1.00 bits per heavy atom. The van der Waals surface area contributed by atoms with Crippen LogP contribution in [0.4, 0.5) is 0 Å². The fraction of sp³-hybridized carbons (Fsp3) is 0.280. The Morgan fingerprint density at radius 2 is 1.85 bits per heavy atom. The molecule has 6 nitrogen and oxygen atoms in total. The molecule has 0 saturated carbocycles. The van der Waals surface area contributed by atoms with Gasteiger partial charge in [-0.1, -0.05) is 23.7 Å². The second-order valence-electron chi connectivity index (χ2n) is 8.15. The van der Waals surface area contributed by atoms with Crippen molar-refractivity contribution in [1.29, 1.82) is 0 Å². The molecule has 172 valence electrons. The number of aromatic nitrogens is 3. The molecule has 1 aliphatic rings. The molecule has 1 saturated heterocycles. The van der Waals surface area contributed by atoms with Crippen LogP contribution in [0.25, 0.3) is 16.6 Å². The second kappa shape index (κ2) is 10.4. The van der Waals surface area contributed by atoms with Crippen LogP contribution in [0.1, 0.15) is 18.4 Å². The highest BCUT2D eigenvalue weighted by atomic mass is 35.5. The molecule has 0 atom stereocenters. The first-order valence-corrected chi connectivity index (χ1v) is 11.3. The average molecular weight is 485 g/mol. The predicted molar refractivity (Wildman–Crippen MR) is 134 cm³/mol. The van der Waals surface area contributed by atoms with Crippen molar-refractivity contribution in [2.45, 2.75) is 26.0 Å². The molecule has 4 aromatic rings. The van der Waals surface area contributed by atoms with E-state index in [9.17, 15) is 4.79 Å². The van der Waals surface area contributed by atoms with Crippen molar-refractivity contribution in [3.05, 3.63) is 87.9 Å². The van der Waals surface area contributed by atoms with Crippen molar-refractivity contribution in [1.82, 2.24) is 19.2 Å². The van der Waals surface area contributed by atoms with Crippen molar-refractivity contribution in [2.75, 3.05) is 19.6 Å². The molecule has 8 heteroatoms. The summed E-state index contributed by atoms with van der Waals surface area (Å²) in [5.74, 6) is 0.530. The van der Waals surface area contributed by atoms with Crippen LogP contribution in [0.15, 0.2) is 71.8 Å². The van der Waals surface area contributed by atoms with Gasteiger partial charge in [0.05, 0.1) is 18.3 Å². The summed E-state index contributed by atoms with van der Waals surface area (Å²) in [6.45, 7) is 4.62. The molecule has 0 N–H and O–H groups in total. The summed E-state index contributed by atoms with van der Waals surface area (Å²) in [6.07, 6.45) is 6.20. The first kappa shape index (κ1) is 23.4. The fourth-order valence-corrected chi connectivity index (χ4v) is 4.42. The molecular formula is C25H26Cl2N4O2. The molecular weight excluding hydrogens is 459 g/mol. The summed E-state index contributed by atoms with van der Waals surface area (Å²) in [5, 5.41) is 6.25. The highest BCUT2D eigenvalue weighted by molar-refractivity contribution is 6.30. The minimum absolute atomic E-state index is 0. The van der Waals surface area contributed by atoms with E-state index in [4.69, 9.17) is 16.3 Å². The highest BCUT2D eigenvalue weighted by Crippen LogP contribution is 2.20. The number of ether oxygens (including phenoxy) is 1. The van der Waals surface area contributed by atoms with Gasteiger partial charge in [0.1, 0.15) is 12.4 Å². The quantitative estimate of drug-likeness (QED) is 0.372. The summed E-state index contributed by atoms with van der Waals surface area (Å²) in [7, 11) is 0. The normalized spacial score (nSPS) is 13.8. The average Bonchev–Trinajstić information content (AvgIpc) is 3.46. The van der Waals surface area contributed by atoms with Crippen LogP contribution in [-0.4, -0.2) is 38.9 Å². The van der Waals surface area contributed by atoms with E-state index in [0.717, 1.165) is 35.2 Å². The molecule has 2 aromatic heterocycles. The monoisotopic (exact) mass is 484 g/mol. The molecule has 3 heterocycles. The smallest absolute Gasteiger partial charge is 0.258 e. The molecule has 0 bridgehead atoms. The molecule has 1 aliphatic heterocycles. The number of hydrogen-bond donors (Lipinski definition) is 0. The maximum Gasteiger partial charge on any atom is 0.258 e. The highest BCUT2D eigenvalue weighted by Gasteiger charge is 2.12. The van der Waals surface area contributed by atoms with Crippen molar-refractivity contribution in [3.63, 3.8) is 0 Å². The van der Waals surface area contributed by atoms with E-state index in [1.165, 1.54) is 32.0 Å². The third-order valence-electron chi connectivity index (χ3n) is 5.92. The molecule has 0 unspecified atom stereocenters. The lowest BCUT2D eigenvalue weighted by atomic mass is 10.2. The largest absolute Gasteiger partial charge is 0.489 e. The van der Waals surface area contributed by atoms with Gasteiger partial charge in [0.2, 0.25) is 0 Å². The van der Waals surface area contributed by atoms with Gasteiger partial charge in [0, 0.05) is 34.9 Å². The van der Waals surface area contributed by atoms with Crippen LogP contribution in [0.5, 0.6) is 5.75 Å². The van der Waals surface area contributed by atoms with E-state index in [2.05, 4.69) is 10.00 Å². The van der Waals surface area contributed by atoms with Crippen molar-refractivity contribution in [2.24, 2.45) is 0 Å². The maximum absolute atomic E-state index is 12.7. The van der Waals surface area contributed by atoms with Crippen LogP contribution in [0, 0.1) is 0 Å². The summed E-state index contributed by atoms with van der Waals surface area (Å²) in [4.78, 5) is 15.2. The Labute approximate surface area is 203 Å². The van der Waals surface area contributed by atoms with E-state index < -0.39 is 0 Å². The lowest BCUT2D eigenvalue weighted by Crippen LogP contribution is -2.24. The Morgan fingerprint density at radius 3 is 2.64 bits per heavy atom. The van der Waals surface area contributed by atoms with Crippen LogP contribution in [-0.2, 0) is 13.2 Å². The first-order valence-electron chi connectivity index (χ1n) is 10.9. The second-order valence-corrected chi connectivity index (χ2v) is 8.59. The molecule has 5 rings (SSSR count). The third-order valence-corrected chi connectivity index (χ3v) is 6.15. The van der Waals surface area contributed by atoms with Gasteiger partial charge in [-0.2, -0.15) is 5.10 Å². The van der Waals surface area contributed by atoms with Crippen molar-refractivity contribution in [3.8, 4) is 11.4 Å². The van der Waals surface area contributed by atoms with Gasteiger partial charge in [-0.05, 0) is 67.9 Å². The number of likely N-dealkylation sites (tertiary alicyclic amines) is 1. The molecule has 0 radical (unpaired) electrons. The van der Waals surface area contributed by atoms with E-state index in [0.29, 0.717) is 17.4 Å². The topological polar surface area (TPSA) is 52.3 Å². The summed E-state index contributed by atoms with van der Waals surface area (Å²) in [6, 6.07) is 16.8. The van der Waals surface area contributed by atoms with E-state index >= 15 is 0 Å². The van der Waals surface area contributed by atoms with Gasteiger partial charge in [-0.25, -0.2) is 0 Å². The number of halogens is 2. The summed E-state index contributed by atoms with van der Waals surface area (Å²) < 4.78 is 9.44. The van der Waals surface area contributed by atoms with Crippen LogP contribution in [0.2, 0.25) is 5.02 Å². The summed E-state index contributed by atoms with van der Waals surface area (Å²) in [5.41, 5.74) is 2.70. The first-order chi connectivity index (χ1) is 15.7. The number of hydrogen-bond acceptors (Lipinski definition) is 4. The van der Waals surface area contributed by atoms with Gasteiger partial charge in [-0.15, -0.1) is 12.4 Å². The Bertz CT molecular complexity index is 1300. The number of benzene rings is 2. The zero-order valence-corrected chi connectivity index (χ0v) is 19.8. The molecule has 0 aliphatic carbocycles. The Hall–Kier alpha value is -2.80. The molecule has 33 heavy (non-hydrogen) atoms. The number of pyridine rings is 1. The van der Waals surface area contributed by atoms with Crippen LogP contribution >= 0.6 is 24.0 Å². The lowest BCUT2D eigenvalue weighted by Gasteiger charge is -2.14. The molecule has 0 spiro atoms. The van der Waals surface area contributed by atoms with E-state index in [1.54, 1.807) is 16.8 Å². The number of nitrogens with zero attached hydrogens (tertiary/aromatic N) is 4. The predicted octanol–water partition coefficient (Wildman–Crippen LogP) is 4.94. The fourth-order valence-electron chi connectivity index (χ4n) is 4.20. The van der Waals surface area contributed by atoms with Crippen LogP contribution in [0.3, 0.4) is 0 Å². The Kier molecular flexibility index (Phi) is 7.38. The van der Waals surface area contributed by atoms with Gasteiger partial charge in [0.15, 0.2) is 0 Å². The summed E-state index contributed by atoms with van der Waals surface area (Å²) >= 11 is 6.01. The molecule has 0 amide bonds. The molecule has 2 aromatic carbocycles. The van der Waals surface area contributed by atoms with E-state index in [-0.39, 0.29) is 18.0 Å². The van der Waals surface area contributed by atoms with Gasteiger partial charge in [-0.3, -0.25) is 14.0 Å². The minimum atomic E-state index is -0.144. The van der Waals surface area contributed by atoms with E-state index in [1.807, 2.05) is 53.3 Å². The van der Waals surface area contributed by atoms with Gasteiger partial charge < -0.3 is 9.64 Å². The minimum Gasteiger partial charge on any atom is -0.489 e. The lowest BCUT2D eigenvalue weighted by molar-refractivity contribution is 0.305. The Balaban J connectivity index is 0.00000259. The number of fused-ring (bicyclic) bond motifs is 1. The van der Waals surface area contributed by atoms with Crippen molar-refractivity contribution >= 4 is 34.9 Å². The third kappa shape index (κ3) is 5.41. The standard InChI is InChI=1S/C25H25ClN4O2.ClH/c26-21-5-3-4-19(14-21)18-32-23-8-11-29(25(31)16-23)22-6-7-24-20(15-22)17-27-30(24)13-12-28-9-1-2-10-28;/h3-8,11,14-17H,1-2,9-10,12-13,18H2;1H. The van der Waals surface area contributed by atoms with Crippen LogP contribution < -0.4 is 10.3 Å². The van der Waals surface area contributed by atoms with Gasteiger partial charge >= 0.3 is 0 Å². The zero-order chi connectivity index (χ0) is 21.9. The van der Waals surface area contributed by atoms with Crippen molar-refractivity contribution < 1.29 is 4.74 Å². The SMILES string of the molecule is Cl.O=c1cc(OCc2cccc(Cl)c2)ccn1-c1ccc2c(cnn2CCN2CCCC2)c1. The van der Waals surface area contributed by atoms with Gasteiger partial charge in [0.25, 0.3) is 5.56 Å². The molecule has 1 fully saturated rings. The number of rotatable bonds is 7. The maximum atomic E-state index is 12.7. The zero-order valence-electron chi connectivity index (χ0n) is 18.2.